The van der Waals surface area contributed by atoms with E-state index in [1.807, 2.05) is 0 Å². The normalized spacial score (nSPS) is 23.2. The molecule has 1 aromatic rings. The number of aromatic nitrogens is 2. The first-order valence-electron chi connectivity index (χ1n) is 6.35. The first-order valence-corrected chi connectivity index (χ1v) is 6.35. The maximum absolute atomic E-state index is 5.34. The van der Waals surface area contributed by atoms with Crippen LogP contribution in [0, 0.1) is 0 Å². The van der Waals surface area contributed by atoms with Crippen LogP contribution in [0.1, 0.15) is 63.1 Å². The van der Waals surface area contributed by atoms with Crippen molar-refractivity contribution in [3.63, 3.8) is 0 Å². The molecule has 0 aromatic carbocycles. The van der Waals surface area contributed by atoms with Gasteiger partial charge in [-0.3, -0.25) is 0 Å². The summed E-state index contributed by atoms with van der Waals surface area (Å²) < 4.78 is 5.34. The third-order valence-electron chi connectivity index (χ3n) is 3.26. The lowest BCUT2D eigenvalue weighted by Crippen LogP contribution is -2.28. The van der Waals surface area contributed by atoms with Crippen LogP contribution in [0.4, 0.5) is 0 Å². The summed E-state index contributed by atoms with van der Waals surface area (Å²) in [5.41, 5.74) is 0. The van der Waals surface area contributed by atoms with Gasteiger partial charge in [0.15, 0.2) is 5.82 Å². The molecule has 0 amide bonds. The van der Waals surface area contributed by atoms with Gasteiger partial charge in [-0.15, -0.1) is 0 Å². The van der Waals surface area contributed by atoms with E-state index < -0.39 is 0 Å². The van der Waals surface area contributed by atoms with Crippen molar-refractivity contribution in [2.45, 2.75) is 51.4 Å². The molecule has 2 atom stereocenters. The molecule has 1 aliphatic heterocycles. The zero-order valence-electron chi connectivity index (χ0n) is 10.2. The lowest BCUT2D eigenvalue weighted by Gasteiger charge is -2.19. The van der Waals surface area contributed by atoms with Gasteiger partial charge in [-0.05, 0) is 25.8 Å². The monoisotopic (exact) mass is 223 g/mol. The van der Waals surface area contributed by atoms with Crippen molar-refractivity contribution in [1.29, 1.82) is 0 Å². The van der Waals surface area contributed by atoms with E-state index in [4.69, 9.17) is 4.52 Å². The molecule has 1 saturated heterocycles. The van der Waals surface area contributed by atoms with E-state index in [9.17, 15) is 0 Å². The maximum atomic E-state index is 5.34. The van der Waals surface area contributed by atoms with Gasteiger partial charge < -0.3 is 9.84 Å². The molecule has 1 aliphatic rings. The van der Waals surface area contributed by atoms with E-state index in [0.717, 1.165) is 37.6 Å². The molecule has 0 aliphatic carbocycles. The minimum Gasteiger partial charge on any atom is -0.339 e. The summed E-state index contributed by atoms with van der Waals surface area (Å²) in [6.07, 6.45) is 4.65. The Morgan fingerprint density at radius 1 is 1.56 bits per heavy atom. The second-order valence-corrected chi connectivity index (χ2v) is 4.72. The number of nitrogens with zero attached hydrogens (tertiary/aromatic N) is 2. The van der Waals surface area contributed by atoms with Crippen LogP contribution in [0.2, 0.25) is 0 Å². The Bertz CT molecular complexity index is 318. The third kappa shape index (κ3) is 2.61. The minimum absolute atomic E-state index is 0.391. The predicted molar refractivity (Wildman–Crippen MR) is 62.5 cm³/mol. The van der Waals surface area contributed by atoms with Gasteiger partial charge in [-0.1, -0.05) is 25.4 Å². The molecule has 4 nitrogen and oxygen atoms in total. The smallest absolute Gasteiger partial charge is 0.229 e. The second-order valence-electron chi connectivity index (χ2n) is 4.72. The summed E-state index contributed by atoms with van der Waals surface area (Å²) in [7, 11) is 0. The number of piperidine rings is 1. The Kier molecular flexibility index (Phi) is 3.93. The van der Waals surface area contributed by atoms with Gasteiger partial charge in [-0.25, -0.2) is 0 Å². The molecule has 2 unspecified atom stereocenters. The molecule has 1 N–H and O–H groups in total. The van der Waals surface area contributed by atoms with Crippen molar-refractivity contribution < 1.29 is 4.52 Å². The van der Waals surface area contributed by atoms with E-state index in [2.05, 4.69) is 29.3 Å². The van der Waals surface area contributed by atoms with Crippen LogP contribution in [0.5, 0.6) is 0 Å². The molecule has 2 heterocycles. The fourth-order valence-corrected chi connectivity index (χ4v) is 2.24. The van der Waals surface area contributed by atoms with Crippen molar-refractivity contribution in [3.05, 3.63) is 11.7 Å². The molecule has 0 saturated carbocycles. The average molecular weight is 223 g/mol. The maximum Gasteiger partial charge on any atom is 0.229 e. The van der Waals surface area contributed by atoms with Gasteiger partial charge in [0, 0.05) is 18.4 Å². The quantitative estimate of drug-likeness (QED) is 0.851. The SMILES string of the molecule is CCCC(C)c1nc(C2CCCNC2)no1. The average Bonchev–Trinajstić information content (AvgIpc) is 2.80. The first-order chi connectivity index (χ1) is 7.81. The van der Waals surface area contributed by atoms with Gasteiger partial charge in [-0.2, -0.15) is 4.98 Å². The molecular weight excluding hydrogens is 202 g/mol. The Balaban J connectivity index is 2.00. The Morgan fingerprint density at radius 3 is 3.12 bits per heavy atom. The zero-order valence-corrected chi connectivity index (χ0v) is 10.2. The van der Waals surface area contributed by atoms with Crippen LogP contribution in [0.15, 0.2) is 4.52 Å². The van der Waals surface area contributed by atoms with Crippen LogP contribution >= 0.6 is 0 Å². The van der Waals surface area contributed by atoms with E-state index >= 15 is 0 Å². The minimum atomic E-state index is 0.391. The summed E-state index contributed by atoms with van der Waals surface area (Å²) in [4.78, 5) is 4.53. The highest BCUT2D eigenvalue weighted by Gasteiger charge is 2.22. The lowest BCUT2D eigenvalue weighted by atomic mass is 9.99. The van der Waals surface area contributed by atoms with Crippen molar-refractivity contribution in [2.24, 2.45) is 0 Å². The zero-order chi connectivity index (χ0) is 11.4. The largest absolute Gasteiger partial charge is 0.339 e. The Morgan fingerprint density at radius 2 is 2.44 bits per heavy atom. The molecule has 2 rings (SSSR count). The number of nitrogens with one attached hydrogen (secondary N) is 1. The highest BCUT2D eigenvalue weighted by Crippen LogP contribution is 2.24. The summed E-state index contributed by atoms with van der Waals surface area (Å²) in [5.74, 6) is 2.54. The summed E-state index contributed by atoms with van der Waals surface area (Å²) in [5, 5.41) is 7.49. The molecule has 1 aromatic heterocycles. The van der Waals surface area contributed by atoms with E-state index in [1.54, 1.807) is 0 Å². The number of rotatable bonds is 4. The molecule has 0 radical (unpaired) electrons. The molecule has 1 fully saturated rings. The van der Waals surface area contributed by atoms with Crippen molar-refractivity contribution in [2.75, 3.05) is 13.1 Å². The van der Waals surface area contributed by atoms with Gasteiger partial charge in [0.25, 0.3) is 0 Å². The van der Waals surface area contributed by atoms with Gasteiger partial charge in [0.05, 0.1) is 0 Å². The fraction of sp³-hybridized carbons (Fsp3) is 0.833. The predicted octanol–water partition coefficient (Wildman–Crippen LogP) is 2.44. The Labute approximate surface area is 96.8 Å². The van der Waals surface area contributed by atoms with Crippen LogP contribution in [-0.2, 0) is 0 Å². The van der Waals surface area contributed by atoms with Crippen LogP contribution < -0.4 is 5.32 Å². The highest BCUT2D eigenvalue weighted by atomic mass is 16.5. The molecule has 90 valence electrons. The van der Waals surface area contributed by atoms with E-state index in [1.165, 1.54) is 12.8 Å². The van der Waals surface area contributed by atoms with E-state index in [0.29, 0.717) is 11.8 Å². The molecule has 16 heavy (non-hydrogen) atoms. The van der Waals surface area contributed by atoms with Gasteiger partial charge >= 0.3 is 0 Å². The number of hydrogen-bond acceptors (Lipinski definition) is 4. The summed E-state index contributed by atoms with van der Waals surface area (Å²) in [6.45, 7) is 6.44. The van der Waals surface area contributed by atoms with Crippen LogP contribution in [0.3, 0.4) is 0 Å². The molecule has 0 spiro atoms. The van der Waals surface area contributed by atoms with Crippen molar-refractivity contribution in [3.8, 4) is 0 Å². The number of hydrogen-bond donors (Lipinski definition) is 1. The standard InChI is InChI=1S/C12H21N3O/c1-3-5-9(2)12-14-11(15-16-12)10-6-4-7-13-8-10/h9-10,13H,3-8H2,1-2H3. The van der Waals surface area contributed by atoms with Gasteiger partial charge in [0.2, 0.25) is 5.89 Å². The van der Waals surface area contributed by atoms with Crippen molar-refractivity contribution in [1.82, 2.24) is 15.5 Å². The summed E-state index contributed by atoms with van der Waals surface area (Å²) in [6, 6.07) is 0. The van der Waals surface area contributed by atoms with Crippen molar-refractivity contribution >= 4 is 0 Å². The van der Waals surface area contributed by atoms with Crippen LogP contribution in [0.25, 0.3) is 0 Å². The second kappa shape index (κ2) is 5.43. The topological polar surface area (TPSA) is 51.0 Å². The summed E-state index contributed by atoms with van der Waals surface area (Å²) >= 11 is 0. The van der Waals surface area contributed by atoms with Gasteiger partial charge in [0.1, 0.15) is 0 Å². The van der Waals surface area contributed by atoms with E-state index in [-0.39, 0.29) is 0 Å². The molecule has 0 bridgehead atoms. The lowest BCUT2D eigenvalue weighted by molar-refractivity contribution is 0.342. The first kappa shape index (κ1) is 11.6. The Hall–Kier alpha value is -0.900. The molecule has 4 heteroatoms. The third-order valence-corrected chi connectivity index (χ3v) is 3.26. The fourth-order valence-electron chi connectivity index (χ4n) is 2.24. The molecular formula is C12H21N3O. The highest BCUT2D eigenvalue weighted by molar-refractivity contribution is 5.00. The van der Waals surface area contributed by atoms with Crippen LogP contribution in [-0.4, -0.2) is 23.2 Å².